The van der Waals surface area contributed by atoms with Crippen LogP contribution in [0.25, 0.3) is 0 Å². The first-order chi connectivity index (χ1) is 14.4. The van der Waals surface area contributed by atoms with E-state index in [1.54, 1.807) is 16.9 Å². The summed E-state index contributed by atoms with van der Waals surface area (Å²) in [4.78, 5) is 26.7. The van der Waals surface area contributed by atoms with Gasteiger partial charge in [-0.15, -0.1) is 0 Å². The highest BCUT2D eigenvalue weighted by atomic mass is 16.5. The number of carbonyl (C=O) groups is 1. The van der Waals surface area contributed by atoms with Crippen molar-refractivity contribution in [1.82, 2.24) is 24.6 Å². The molecule has 2 saturated heterocycles. The van der Waals surface area contributed by atoms with E-state index in [1.165, 1.54) is 0 Å². The Kier molecular flexibility index (Phi) is 4.74. The van der Waals surface area contributed by atoms with Gasteiger partial charge in [0, 0.05) is 51.2 Å². The third-order valence-electron chi connectivity index (χ3n) is 6.27. The molecule has 0 saturated carbocycles. The molecule has 0 aliphatic carbocycles. The first kappa shape index (κ1) is 19.4. The molecule has 2 aromatic rings. The molecule has 9 nitrogen and oxygen atoms in total. The number of rotatable bonds is 2. The van der Waals surface area contributed by atoms with Crippen molar-refractivity contribution in [2.24, 2.45) is 7.05 Å². The average molecular weight is 412 g/mol. The first-order valence-electron chi connectivity index (χ1n) is 10.6. The Morgan fingerprint density at radius 1 is 1.27 bits per heavy atom. The smallest absolute Gasteiger partial charge is 0.274 e. The highest BCUT2D eigenvalue weighted by Crippen LogP contribution is 2.40. The van der Waals surface area contributed by atoms with E-state index in [2.05, 4.69) is 28.8 Å². The standard InChI is InChI=1S/C21H28N6O3/c1-14-9-27(10-15(2)30-14)20-22-8-16-11-29-13-21(18(16)23-20)5-7-26(12-21)19(28)17-4-6-25(3)24-17/h4,6,8,14-15H,5,7,9-13H2,1-3H3/t14-,15+,21-/m0/s1. The Labute approximate surface area is 176 Å². The van der Waals surface area contributed by atoms with Crippen molar-refractivity contribution in [2.75, 3.05) is 37.7 Å². The fourth-order valence-corrected chi connectivity index (χ4v) is 4.93. The molecule has 160 valence electrons. The first-order valence-corrected chi connectivity index (χ1v) is 10.6. The number of aromatic nitrogens is 4. The van der Waals surface area contributed by atoms with Gasteiger partial charge in [-0.1, -0.05) is 0 Å². The molecule has 3 aliphatic rings. The van der Waals surface area contributed by atoms with E-state index in [4.69, 9.17) is 14.5 Å². The molecule has 2 aromatic heterocycles. The number of ether oxygens (including phenoxy) is 2. The average Bonchev–Trinajstić information content (AvgIpc) is 3.34. The Hall–Kier alpha value is -2.52. The lowest BCUT2D eigenvalue weighted by atomic mass is 9.80. The van der Waals surface area contributed by atoms with Gasteiger partial charge in [0.1, 0.15) is 5.69 Å². The van der Waals surface area contributed by atoms with E-state index in [9.17, 15) is 4.79 Å². The molecule has 1 amide bonds. The van der Waals surface area contributed by atoms with Gasteiger partial charge >= 0.3 is 0 Å². The lowest BCUT2D eigenvalue weighted by Gasteiger charge is -2.38. The zero-order chi connectivity index (χ0) is 20.9. The van der Waals surface area contributed by atoms with Crippen LogP contribution in [0.5, 0.6) is 0 Å². The minimum atomic E-state index is -0.292. The second-order valence-electron chi connectivity index (χ2n) is 8.83. The number of fused-ring (bicyclic) bond motifs is 2. The summed E-state index contributed by atoms with van der Waals surface area (Å²) < 4.78 is 13.4. The summed E-state index contributed by atoms with van der Waals surface area (Å²) in [6.45, 7) is 8.04. The molecule has 5 heterocycles. The van der Waals surface area contributed by atoms with Crippen molar-refractivity contribution in [3.8, 4) is 0 Å². The van der Waals surface area contributed by atoms with Crippen molar-refractivity contribution in [1.29, 1.82) is 0 Å². The van der Waals surface area contributed by atoms with Crippen LogP contribution in [0.15, 0.2) is 18.5 Å². The molecule has 2 fully saturated rings. The maximum atomic E-state index is 12.9. The zero-order valence-electron chi connectivity index (χ0n) is 17.7. The lowest BCUT2D eigenvalue weighted by molar-refractivity contribution is -0.00584. The molecule has 3 aliphatic heterocycles. The van der Waals surface area contributed by atoms with Gasteiger partial charge in [0.2, 0.25) is 5.95 Å². The number of hydrogen-bond acceptors (Lipinski definition) is 7. The van der Waals surface area contributed by atoms with Crippen molar-refractivity contribution < 1.29 is 14.3 Å². The Morgan fingerprint density at radius 2 is 2.07 bits per heavy atom. The number of nitrogens with zero attached hydrogens (tertiary/aromatic N) is 6. The Balaban J connectivity index is 1.42. The number of amides is 1. The van der Waals surface area contributed by atoms with Crippen LogP contribution < -0.4 is 4.90 Å². The van der Waals surface area contributed by atoms with E-state index < -0.39 is 0 Å². The summed E-state index contributed by atoms with van der Waals surface area (Å²) in [7, 11) is 1.82. The number of aryl methyl sites for hydroxylation is 1. The van der Waals surface area contributed by atoms with Crippen LogP contribution in [0.3, 0.4) is 0 Å². The largest absolute Gasteiger partial charge is 0.376 e. The summed E-state index contributed by atoms with van der Waals surface area (Å²) in [5.41, 5.74) is 2.23. The fourth-order valence-electron chi connectivity index (χ4n) is 4.93. The van der Waals surface area contributed by atoms with Gasteiger partial charge in [0.15, 0.2) is 0 Å². The van der Waals surface area contributed by atoms with Crippen LogP contribution in [0.1, 0.15) is 42.0 Å². The normalized spacial score (nSPS) is 28.8. The minimum absolute atomic E-state index is 0.0373. The second-order valence-corrected chi connectivity index (χ2v) is 8.83. The summed E-state index contributed by atoms with van der Waals surface area (Å²) >= 11 is 0. The highest BCUT2D eigenvalue weighted by molar-refractivity contribution is 5.92. The Morgan fingerprint density at radius 3 is 2.80 bits per heavy atom. The van der Waals surface area contributed by atoms with Gasteiger partial charge in [0.05, 0.1) is 36.5 Å². The van der Waals surface area contributed by atoms with Gasteiger partial charge in [0.25, 0.3) is 5.91 Å². The predicted molar refractivity (Wildman–Crippen MR) is 109 cm³/mol. The third-order valence-corrected chi connectivity index (χ3v) is 6.27. The highest BCUT2D eigenvalue weighted by Gasteiger charge is 2.47. The molecule has 5 rings (SSSR count). The summed E-state index contributed by atoms with van der Waals surface area (Å²) in [5.74, 6) is 0.705. The van der Waals surface area contributed by atoms with Gasteiger partial charge in [-0.05, 0) is 26.3 Å². The molecule has 0 aromatic carbocycles. The molecule has 30 heavy (non-hydrogen) atoms. The van der Waals surface area contributed by atoms with Crippen LogP contribution in [0, 0.1) is 0 Å². The summed E-state index contributed by atoms with van der Waals surface area (Å²) in [5, 5.41) is 4.27. The van der Waals surface area contributed by atoms with E-state index in [1.807, 2.05) is 18.1 Å². The van der Waals surface area contributed by atoms with Gasteiger partial charge in [-0.25, -0.2) is 9.97 Å². The van der Waals surface area contributed by atoms with Crippen LogP contribution in [0.4, 0.5) is 5.95 Å². The lowest BCUT2D eigenvalue weighted by Crippen LogP contribution is -2.47. The van der Waals surface area contributed by atoms with Crippen molar-refractivity contribution in [2.45, 2.75) is 44.5 Å². The van der Waals surface area contributed by atoms with Crippen LogP contribution in [-0.4, -0.2) is 75.5 Å². The summed E-state index contributed by atoms with van der Waals surface area (Å²) in [6.07, 6.45) is 4.80. The van der Waals surface area contributed by atoms with E-state index in [0.29, 0.717) is 32.0 Å². The second kappa shape index (κ2) is 7.31. The fraction of sp³-hybridized carbons (Fsp3) is 0.619. The van der Waals surface area contributed by atoms with E-state index >= 15 is 0 Å². The Bertz CT molecular complexity index is 952. The topological polar surface area (TPSA) is 85.6 Å². The van der Waals surface area contributed by atoms with E-state index in [-0.39, 0.29) is 23.5 Å². The molecule has 0 N–H and O–H groups in total. The maximum Gasteiger partial charge on any atom is 0.274 e. The quantitative estimate of drug-likeness (QED) is 0.731. The summed E-state index contributed by atoms with van der Waals surface area (Å²) in [6, 6.07) is 1.76. The third kappa shape index (κ3) is 3.35. The molecular formula is C21H28N6O3. The number of hydrogen-bond donors (Lipinski definition) is 0. The minimum Gasteiger partial charge on any atom is -0.376 e. The van der Waals surface area contributed by atoms with Gasteiger partial charge in [-0.3, -0.25) is 9.48 Å². The van der Waals surface area contributed by atoms with Crippen LogP contribution >= 0.6 is 0 Å². The molecule has 0 unspecified atom stereocenters. The predicted octanol–water partition coefficient (Wildman–Crippen LogP) is 1.14. The SMILES string of the molecule is C[C@@H]1CN(c2ncc3c(n2)[C@]2(CCN(C(=O)c4ccn(C)n4)C2)COC3)C[C@H](C)O1. The molecule has 0 radical (unpaired) electrons. The number of carbonyl (C=O) groups excluding carboxylic acids is 1. The van der Waals surface area contributed by atoms with Crippen molar-refractivity contribution >= 4 is 11.9 Å². The number of morpholine rings is 1. The molecule has 1 spiro atoms. The zero-order valence-corrected chi connectivity index (χ0v) is 17.7. The molecular weight excluding hydrogens is 384 g/mol. The van der Waals surface area contributed by atoms with Gasteiger partial charge in [-0.2, -0.15) is 5.10 Å². The van der Waals surface area contributed by atoms with Crippen LogP contribution in [-0.2, 0) is 28.5 Å². The van der Waals surface area contributed by atoms with Crippen molar-refractivity contribution in [3.63, 3.8) is 0 Å². The monoisotopic (exact) mass is 412 g/mol. The molecule has 0 bridgehead atoms. The van der Waals surface area contributed by atoms with Gasteiger partial charge < -0.3 is 19.3 Å². The maximum absolute atomic E-state index is 12.9. The molecule has 9 heteroatoms. The molecule has 3 atom stereocenters. The van der Waals surface area contributed by atoms with E-state index in [0.717, 1.165) is 36.7 Å². The van der Waals surface area contributed by atoms with Crippen LogP contribution in [0.2, 0.25) is 0 Å². The van der Waals surface area contributed by atoms with Crippen molar-refractivity contribution in [3.05, 3.63) is 35.4 Å². The number of anilines is 1. The number of likely N-dealkylation sites (tertiary alicyclic amines) is 1.